The van der Waals surface area contributed by atoms with Crippen molar-refractivity contribution in [3.05, 3.63) is 93.5 Å². The van der Waals surface area contributed by atoms with Gasteiger partial charge >= 0.3 is 5.97 Å². The van der Waals surface area contributed by atoms with Gasteiger partial charge in [0.2, 0.25) is 0 Å². The van der Waals surface area contributed by atoms with E-state index in [-0.39, 0.29) is 33.8 Å². The summed E-state index contributed by atoms with van der Waals surface area (Å²) in [7, 11) is 0. The molecule has 4 rings (SSSR count). The number of benzene rings is 3. The summed E-state index contributed by atoms with van der Waals surface area (Å²) < 4.78 is 5.64. The van der Waals surface area contributed by atoms with Crippen molar-refractivity contribution in [3.8, 4) is 11.5 Å². The molecule has 3 aromatic carbocycles. The zero-order valence-corrected chi connectivity index (χ0v) is 15.1. The first-order valence-corrected chi connectivity index (χ1v) is 8.63. The number of imide groups is 1. The van der Waals surface area contributed by atoms with Gasteiger partial charge in [0.05, 0.1) is 27.3 Å². The minimum Gasteiger partial charge on any atom is -0.478 e. The number of carboxylic acid groups (broad SMARTS) is 1. The number of amides is 2. The second-order valence-corrected chi connectivity index (χ2v) is 6.36. The maximum atomic E-state index is 12.8. The number of fused-ring (bicyclic) bond motifs is 1. The highest BCUT2D eigenvalue weighted by Crippen LogP contribution is 2.32. The van der Waals surface area contributed by atoms with Crippen molar-refractivity contribution in [3.63, 3.8) is 0 Å². The van der Waals surface area contributed by atoms with Crippen LogP contribution in [0.25, 0.3) is 0 Å². The quantitative estimate of drug-likeness (QED) is 0.388. The largest absolute Gasteiger partial charge is 0.478 e. The van der Waals surface area contributed by atoms with Gasteiger partial charge in [0, 0.05) is 12.1 Å². The van der Waals surface area contributed by atoms with E-state index in [2.05, 4.69) is 0 Å². The molecule has 0 unspecified atom stereocenters. The van der Waals surface area contributed by atoms with E-state index >= 15 is 0 Å². The van der Waals surface area contributed by atoms with Crippen LogP contribution in [0, 0.1) is 10.1 Å². The van der Waals surface area contributed by atoms with Crippen LogP contribution in [-0.2, 0) is 0 Å². The number of carboxylic acids is 1. The minimum absolute atomic E-state index is 0.0362. The molecule has 0 fully saturated rings. The molecule has 1 aliphatic heterocycles. The van der Waals surface area contributed by atoms with Crippen LogP contribution in [0.1, 0.15) is 31.1 Å². The molecule has 0 aromatic heterocycles. The lowest BCUT2D eigenvalue weighted by atomic mass is 10.1. The van der Waals surface area contributed by atoms with Crippen LogP contribution in [0.5, 0.6) is 11.5 Å². The Morgan fingerprint density at radius 3 is 2.07 bits per heavy atom. The van der Waals surface area contributed by atoms with E-state index in [9.17, 15) is 24.5 Å². The number of rotatable bonds is 5. The predicted octanol–water partition coefficient (Wildman–Crippen LogP) is 3.89. The van der Waals surface area contributed by atoms with Crippen LogP contribution in [-0.4, -0.2) is 27.8 Å². The molecule has 30 heavy (non-hydrogen) atoms. The van der Waals surface area contributed by atoms with Crippen molar-refractivity contribution in [2.75, 3.05) is 4.90 Å². The topological polar surface area (TPSA) is 127 Å². The Labute approximate surface area is 168 Å². The number of ether oxygens (including phenoxy) is 1. The third kappa shape index (κ3) is 3.24. The van der Waals surface area contributed by atoms with Gasteiger partial charge in [-0.05, 0) is 54.6 Å². The van der Waals surface area contributed by atoms with Gasteiger partial charge in [-0.25, -0.2) is 9.69 Å². The van der Waals surface area contributed by atoms with Crippen molar-refractivity contribution in [1.29, 1.82) is 0 Å². The summed E-state index contributed by atoms with van der Waals surface area (Å²) in [6, 6.07) is 15.2. The molecular weight excluding hydrogens is 392 g/mol. The molecule has 1 aliphatic rings. The summed E-state index contributed by atoms with van der Waals surface area (Å²) in [5.41, 5.74) is 0.542. The molecule has 0 aliphatic carbocycles. The van der Waals surface area contributed by atoms with E-state index in [4.69, 9.17) is 9.84 Å². The number of hydrogen-bond acceptors (Lipinski definition) is 6. The summed E-state index contributed by atoms with van der Waals surface area (Å²) in [6.07, 6.45) is 0. The molecule has 3 aromatic rings. The Bertz CT molecular complexity index is 1200. The first-order valence-electron chi connectivity index (χ1n) is 8.63. The van der Waals surface area contributed by atoms with Crippen molar-refractivity contribution < 1.29 is 29.2 Å². The van der Waals surface area contributed by atoms with E-state index in [0.717, 1.165) is 4.90 Å². The molecule has 0 radical (unpaired) electrons. The molecule has 0 saturated heterocycles. The number of nitrogens with zero attached hydrogens (tertiary/aromatic N) is 2. The van der Waals surface area contributed by atoms with Gasteiger partial charge in [-0.15, -0.1) is 0 Å². The minimum atomic E-state index is -1.11. The van der Waals surface area contributed by atoms with Crippen LogP contribution in [0.15, 0.2) is 66.7 Å². The number of nitro benzene ring substituents is 1. The van der Waals surface area contributed by atoms with Crippen LogP contribution in [0.3, 0.4) is 0 Å². The van der Waals surface area contributed by atoms with Gasteiger partial charge < -0.3 is 9.84 Å². The Kier molecular flexibility index (Phi) is 4.47. The highest BCUT2D eigenvalue weighted by Gasteiger charge is 2.37. The summed E-state index contributed by atoms with van der Waals surface area (Å²) in [5.74, 6) is -1.59. The van der Waals surface area contributed by atoms with Crippen LogP contribution < -0.4 is 9.64 Å². The fourth-order valence-corrected chi connectivity index (χ4v) is 3.04. The number of anilines is 1. The number of non-ortho nitro benzene ring substituents is 1. The van der Waals surface area contributed by atoms with Gasteiger partial charge in [-0.3, -0.25) is 19.7 Å². The number of nitro groups is 1. The molecule has 1 N–H and O–H groups in total. The average Bonchev–Trinajstić information content (AvgIpc) is 2.98. The third-order valence-electron chi connectivity index (χ3n) is 4.51. The molecule has 9 nitrogen and oxygen atoms in total. The number of aromatic carboxylic acids is 1. The van der Waals surface area contributed by atoms with Gasteiger partial charge in [-0.2, -0.15) is 0 Å². The lowest BCUT2D eigenvalue weighted by molar-refractivity contribution is -0.384. The summed E-state index contributed by atoms with van der Waals surface area (Å²) in [5, 5.41) is 19.7. The van der Waals surface area contributed by atoms with Crippen molar-refractivity contribution in [2.24, 2.45) is 0 Å². The second-order valence-electron chi connectivity index (χ2n) is 6.36. The molecule has 2 amide bonds. The Morgan fingerprint density at radius 2 is 1.47 bits per heavy atom. The molecule has 0 atom stereocenters. The van der Waals surface area contributed by atoms with Crippen LogP contribution >= 0.6 is 0 Å². The average molecular weight is 404 g/mol. The summed E-state index contributed by atoms with van der Waals surface area (Å²) in [4.78, 5) is 47.6. The Balaban J connectivity index is 1.60. The fourth-order valence-electron chi connectivity index (χ4n) is 3.04. The van der Waals surface area contributed by atoms with E-state index < -0.39 is 22.7 Å². The highest BCUT2D eigenvalue weighted by atomic mass is 16.6. The first-order chi connectivity index (χ1) is 14.3. The standard InChI is InChI=1S/C21H12N2O7/c24-19-17-10-9-16(30-15-7-5-14(6-8-15)23(28)29)11-18(17)20(25)22(19)13-3-1-12(2-4-13)21(26)27/h1-11H,(H,26,27). The number of carbonyl (C=O) groups is 3. The molecule has 9 heteroatoms. The lowest BCUT2D eigenvalue weighted by Gasteiger charge is -2.13. The van der Waals surface area contributed by atoms with E-state index in [1.54, 1.807) is 0 Å². The normalized spacial score (nSPS) is 12.6. The van der Waals surface area contributed by atoms with Crippen molar-refractivity contribution in [2.45, 2.75) is 0 Å². The molecular formula is C21H12N2O7. The molecule has 148 valence electrons. The summed E-state index contributed by atoms with van der Waals surface area (Å²) >= 11 is 0. The Hall–Kier alpha value is -4.53. The Morgan fingerprint density at radius 1 is 0.867 bits per heavy atom. The highest BCUT2D eigenvalue weighted by molar-refractivity contribution is 6.34. The predicted molar refractivity (Wildman–Crippen MR) is 104 cm³/mol. The zero-order chi connectivity index (χ0) is 21.4. The van der Waals surface area contributed by atoms with Crippen molar-refractivity contribution >= 4 is 29.2 Å². The number of carbonyl (C=O) groups excluding carboxylic acids is 2. The van der Waals surface area contributed by atoms with Gasteiger partial charge in [0.15, 0.2) is 0 Å². The van der Waals surface area contributed by atoms with Gasteiger partial charge in [0.1, 0.15) is 11.5 Å². The molecule has 0 saturated carbocycles. The monoisotopic (exact) mass is 404 g/mol. The smallest absolute Gasteiger partial charge is 0.335 e. The van der Waals surface area contributed by atoms with E-state index in [1.165, 1.54) is 66.7 Å². The van der Waals surface area contributed by atoms with Crippen LogP contribution in [0.2, 0.25) is 0 Å². The summed E-state index contributed by atoms with van der Waals surface area (Å²) in [6.45, 7) is 0. The molecule has 1 heterocycles. The third-order valence-corrected chi connectivity index (χ3v) is 4.51. The van der Waals surface area contributed by atoms with E-state index in [0.29, 0.717) is 5.75 Å². The fraction of sp³-hybridized carbons (Fsp3) is 0. The number of hydrogen-bond donors (Lipinski definition) is 1. The van der Waals surface area contributed by atoms with E-state index in [1.807, 2.05) is 0 Å². The maximum Gasteiger partial charge on any atom is 0.335 e. The lowest BCUT2D eigenvalue weighted by Crippen LogP contribution is -2.29. The van der Waals surface area contributed by atoms with Gasteiger partial charge in [-0.1, -0.05) is 0 Å². The van der Waals surface area contributed by atoms with Crippen molar-refractivity contribution in [1.82, 2.24) is 0 Å². The zero-order valence-electron chi connectivity index (χ0n) is 15.1. The maximum absolute atomic E-state index is 12.8. The van der Waals surface area contributed by atoms with Crippen LogP contribution in [0.4, 0.5) is 11.4 Å². The van der Waals surface area contributed by atoms with Gasteiger partial charge in [0.25, 0.3) is 17.5 Å². The first kappa shape index (κ1) is 18.8. The second kappa shape index (κ2) is 7.13. The SMILES string of the molecule is O=C(O)c1ccc(N2C(=O)c3ccc(Oc4ccc([N+](=O)[O-])cc4)cc3C2=O)cc1. The molecule has 0 spiro atoms. The molecule has 0 bridgehead atoms.